The van der Waals surface area contributed by atoms with Crippen molar-refractivity contribution in [2.75, 3.05) is 19.4 Å². The molecule has 0 bridgehead atoms. The Balaban J connectivity index is 2.09. The number of hydrogen-bond acceptors (Lipinski definition) is 5. The van der Waals surface area contributed by atoms with Crippen LogP contribution in [-0.4, -0.2) is 40.9 Å². The number of aryl methyl sites for hydroxylation is 1. The van der Waals surface area contributed by atoms with Crippen LogP contribution in [0.5, 0.6) is 5.75 Å². The molecule has 3 N–H and O–H groups in total. The Morgan fingerprint density at radius 3 is 2.44 bits per heavy atom. The number of anilines is 1. The Hall–Kier alpha value is -2.84. The summed E-state index contributed by atoms with van der Waals surface area (Å²) in [6.45, 7) is 1.66. The first-order valence-corrected chi connectivity index (χ1v) is 9.07. The largest absolute Gasteiger partial charge is 0.506 e. The van der Waals surface area contributed by atoms with Crippen LogP contribution >= 0.6 is 22.9 Å². The van der Waals surface area contributed by atoms with Crippen molar-refractivity contribution in [3.8, 4) is 5.75 Å². The van der Waals surface area contributed by atoms with E-state index in [9.17, 15) is 19.5 Å². The minimum Gasteiger partial charge on any atom is -0.506 e. The number of carbonyl (C=O) groups is 2. The number of aromatic amines is 1. The maximum Gasteiger partial charge on any atom is 0.265 e. The lowest BCUT2D eigenvalue weighted by Crippen LogP contribution is -2.23. The number of nitrogens with one attached hydrogen (secondary N) is 2. The molecule has 27 heavy (non-hydrogen) atoms. The summed E-state index contributed by atoms with van der Waals surface area (Å²) in [4.78, 5) is 41.9. The van der Waals surface area contributed by atoms with Gasteiger partial charge in [0.05, 0.1) is 10.3 Å². The summed E-state index contributed by atoms with van der Waals surface area (Å²) >= 11 is 6.87. The lowest BCUT2D eigenvalue weighted by atomic mass is 10.1. The van der Waals surface area contributed by atoms with Gasteiger partial charge in [-0.05, 0) is 36.8 Å². The molecule has 0 aliphatic carbocycles. The van der Waals surface area contributed by atoms with Crippen molar-refractivity contribution in [1.82, 2.24) is 9.88 Å². The van der Waals surface area contributed by atoms with Gasteiger partial charge < -0.3 is 20.3 Å². The molecule has 3 aromatic rings. The molecular formula is C18H16ClN3O4S. The van der Waals surface area contributed by atoms with Crippen LogP contribution in [0.3, 0.4) is 0 Å². The average Bonchev–Trinajstić information content (AvgIpc) is 2.92. The number of rotatable bonds is 3. The molecule has 0 saturated heterocycles. The lowest BCUT2D eigenvalue weighted by Gasteiger charge is -2.09. The molecule has 2 amide bonds. The highest BCUT2D eigenvalue weighted by Crippen LogP contribution is 2.36. The summed E-state index contributed by atoms with van der Waals surface area (Å²) in [6.07, 6.45) is 0. The fourth-order valence-corrected chi connectivity index (χ4v) is 3.98. The second-order valence-electron chi connectivity index (χ2n) is 6.10. The lowest BCUT2D eigenvalue weighted by molar-refractivity contribution is 0.0831. The smallest absolute Gasteiger partial charge is 0.265 e. The molecule has 0 spiro atoms. The summed E-state index contributed by atoms with van der Waals surface area (Å²) in [6, 6.07) is 6.33. The zero-order valence-corrected chi connectivity index (χ0v) is 16.3. The number of thiophene rings is 1. The minimum atomic E-state index is -0.760. The maximum atomic E-state index is 12.5. The van der Waals surface area contributed by atoms with Crippen molar-refractivity contribution in [2.45, 2.75) is 6.92 Å². The molecule has 0 aliphatic heterocycles. The van der Waals surface area contributed by atoms with Gasteiger partial charge in [-0.3, -0.25) is 14.4 Å². The highest BCUT2D eigenvalue weighted by molar-refractivity contribution is 7.20. The van der Waals surface area contributed by atoms with Crippen LogP contribution < -0.4 is 10.9 Å². The van der Waals surface area contributed by atoms with Gasteiger partial charge in [-0.25, -0.2) is 0 Å². The second-order valence-corrected chi connectivity index (χ2v) is 7.56. The van der Waals surface area contributed by atoms with E-state index in [1.807, 2.05) is 0 Å². The highest BCUT2D eigenvalue weighted by Gasteiger charge is 2.25. The molecule has 7 nitrogen and oxygen atoms in total. The summed E-state index contributed by atoms with van der Waals surface area (Å²) in [5, 5.41) is 14.0. The summed E-state index contributed by atoms with van der Waals surface area (Å²) in [5.74, 6) is -1.46. The Morgan fingerprint density at radius 1 is 1.22 bits per heavy atom. The molecule has 2 aromatic heterocycles. The van der Waals surface area contributed by atoms with Gasteiger partial charge in [0.1, 0.15) is 16.1 Å². The van der Waals surface area contributed by atoms with Crippen LogP contribution in [-0.2, 0) is 0 Å². The molecule has 9 heteroatoms. The third-order valence-electron chi connectivity index (χ3n) is 4.00. The zero-order valence-electron chi connectivity index (χ0n) is 14.7. The number of pyridine rings is 1. The Morgan fingerprint density at radius 2 is 1.85 bits per heavy atom. The molecule has 1 aromatic carbocycles. The quantitative estimate of drug-likeness (QED) is 0.622. The average molecular weight is 406 g/mol. The number of fused-ring (bicyclic) bond motifs is 1. The van der Waals surface area contributed by atoms with Crippen molar-refractivity contribution in [1.29, 1.82) is 0 Å². The van der Waals surface area contributed by atoms with Crippen LogP contribution in [0.4, 0.5) is 5.69 Å². The SMILES string of the molecule is Cc1c(C(=O)N(C)C)sc2[nH]c(=O)c(C(=O)Nc3ccc(Cl)cc3)c(O)c12. The first kappa shape index (κ1) is 18.9. The van der Waals surface area contributed by atoms with Crippen molar-refractivity contribution in [3.05, 3.63) is 55.6 Å². The fraction of sp³-hybridized carbons (Fsp3) is 0.167. The van der Waals surface area contributed by atoms with Gasteiger partial charge in [0.25, 0.3) is 17.4 Å². The molecule has 0 fully saturated rings. The van der Waals surface area contributed by atoms with Crippen molar-refractivity contribution in [2.24, 2.45) is 0 Å². The van der Waals surface area contributed by atoms with Crippen molar-refractivity contribution in [3.63, 3.8) is 0 Å². The first-order valence-electron chi connectivity index (χ1n) is 7.87. The molecule has 0 aliphatic rings. The standard InChI is InChI=1S/C18H16ClN3O4S/c1-8-11-13(23)12(15(24)20-10-6-4-9(19)5-7-10)16(25)21-17(11)27-14(8)18(26)22(2)3/h4-7H,1-3H3,(H,20,24)(H2,21,23,25). The number of aromatic hydroxyl groups is 1. The molecule has 0 atom stereocenters. The van der Waals surface area contributed by atoms with Gasteiger partial charge in [0, 0.05) is 24.8 Å². The predicted molar refractivity (Wildman–Crippen MR) is 106 cm³/mol. The number of hydrogen-bond donors (Lipinski definition) is 3. The van der Waals surface area contributed by atoms with Gasteiger partial charge in [-0.15, -0.1) is 11.3 Å². The predicted octanol–water partition coefficient (Wildman–Crippen LogP) is 3.21. The number of H-pyrrole nitrogens is 1. The number of carbonyl (C=O) groups excluding carboxylic acids is 2. The van der Waals surface area contributed by atoms with E-state index in [1.54, 1.807) is 45.3 Å². The number of aromatic nitrogens is 1. The van der Waals surface area contributed by atoms with Gasteiger partial charge in [-0.1, -0.05) is 11.6 Å². The number of halogens is 1. The third kappa shape index (κ3) is 3.41. The normalized spacial score (nSPS) is 10.8. The number of nitrogens with zero attached hydrogens (tertiary/aromatic N) is 1. The number of amides is 2. The van der Waals surface area contributed by atoms with Crippen LogP contribution in [0.25, 0.3) is 10.2 Å². The Labute approximate surface area is 163 Å². The molecular weight excluding hydrogens is 390 g/mol. The molecule has 140 valence electrons. The Kier molecular flexibility index (Phi) is 4.95. The van der Waals surface area contributed by atoms with Gasteiger partial charge >= 0.3 is 0 Å². The second kappa shape index (κ2) is 7.05. The summed E-state index contributed by atoms with van der Waals surface area (Å²) < 4.78 is 0. The summed E-state index contributed by atoms with van der Waals surface area (Å²) in [5.41, 5.74) is -0.226. The molecule has 0 saturated carbocycles. The van der Waals surface area contributed by atoms with Crippen molar-refractivity contribution < 1.29 is 14.7 Å². The van der Waals surface area contributed by atoms with E-state index >= 15 is 0 Å². The van der Waals surface area contributed by atoms with E-state index in [0.717, 1.165) is 11.3 Å². The summed E-state index contributed by atoms with van der Waals surface area (Å²) in [7, 11) is 3.22. The van der Waals surface area contributed by atoms with E-state index in [0.29, 0.717) is 26.0 Å². The first-order chi connectivity index (χ1) is 12.7. The number of benzene rings is 1. The van der Waals surface area contributed by atoms with E-state index in [1.165, 1.54) is 4.90 Å². The monoisotopic (exact) mass is 405 g/mol. The van der Waals surface area contributed by atoms with Crippen LogP contribution in [0.1, 0.15) is 25.6 Å². The molecule has 0 radical (unpaired) electrons. The van der Waals surface area contributed by atoms with Gasteiger partial charge in [-0.2, -0.15) is 0 Å². The zero-order chi connectivity index (χ0) is 19.9. The topological polar surface area (TPSA) is 103 Å². The molecule has 3 rings (SSSR count). The fourth-order valence-electron chi connectivity index (χ4n) is 2.63. The van der Waals surface area contributed by atoms with Crippen LogP contribution in [0, 0.1) is 6.92 Å². The van der Waals surface area contributed by atoms with Crippen LogP contribution in [0.15, 0.2) is 29.1 Å². The highest BCUT2D eigenvalue weighted by atomic mass is 35.5. The maximum absolute atomic E-state index is 12.5. The molecule has 0 unspecified atom stereocenters. The third-order valence-corrected chi connectivity index (χ3v) is 5.45. The van der Waals surface area contributed by atoms with E-state index in [2.05, 4.69) is 10.3 Å². The van der Waals surface area contributed by atoms with Crippen LogP contribution in [0.2, 0.25) is 5.02 Å². The van der Waals surface area contributed by atoms with Gasteiger partial charge in [0.15, 0.2) is 0 Å². The van der Waals surface area contributed by atoms with Gasteiger partial charge in [0.2, 0.25) is 0 Å². The minimum absolute atomic E-state index is 0.249. The van der Waals surface area contributed by atoms with E-state index < -0.39 is 22.8 Å². The van der Waals surface area contributed by atoms with Crippen molar-refractivity contribution >= 4 is 50.7 Å². The Bertz CT molecular complexity index is 1120. The molecule has 2 heterocycles. The van der Waals surface area contributed by atoms with E-state index in [-0.39, 0.29) is 11.3 Å². The van der Waals surface area contributed by atoms with E-state index in [4.69, 9.17) is 11.6 Å².